The van der Waals surface area contributed by atoms with Crippen molar-refractivity contribution in [2.45, 2.75) is 11.3 Å². The van der Waals surface area contributed by atoms with E-state index in [0.717, 1.165) is 19.3 Å². The summed E-state index contributed by atoms with van der Waals surface area (Å²) in [5.74, 6) is 0.186. The van der Waals surface area contributed by atoms with Gasteiger partial charge in [0, 0.05) is 30.9 Å². The molecule has 1 fully saturated rings. The fourth-order valence-corrected chi connectivity index (χ4v) is 2.57. The SMILES string of the molecule is CS(=O)(=O)c1ccc(C(=O)NCC2CCOC2)cc1. The highest BCUT2D eigenvalue weighted by Gasteiger charge is 2.17. The molecule has 1 saturated heterocycles. The van der Waals surface area contributed by atoms with Gasteiger partial charge in [0.1, 0.15) is 0 Å². The lowest BCUT2D eigenvalue weighted by Gasteiger charge is -2.09. The van der Waals surface area contributed by atoms with Crippen LogP contribution in [-0.4, -0.2) is 40.3 Å². The Morgan fingerprint density at radius 2 is 2.05 bits per heavy atom. The molecule has 19 heavy (non-hydrogen) atoms. The average Bonchev–Trinajstić information content (AvgIpc) is 2.88. The Bertz CT molecular complexity index is 545. The van der Waals surface area contributed by atoms with Gasteiger partial charge in [-0.2, -0.15) is 0 Å². The van der Waals surface area contributed by atoms with Gasteiger partial charge in [-0.15, -0.1) is 0 Å². The first kappa shape index (κ1) is 14.0. The Kier molecular flexibility index (Phi) is 4.21. The maximum absolute atomic E-state index is 11.9. The van der Waals surface area contributed by atoms with Gasteiger partial charge < -0.3 is 10.1 Å². The summed E-state index contributed by atoms with van der Waals surface area (Å²) in [6, 6.07) is 5.94. The molecule has 2 rings (SSSR count). The fourth-order valence-electron chi connectivity index (χ4n) is 1.94. The third-order valence-electron chi connectivity index (χ3n) is 3.12. The molecule has 1 aliphatic heterocycles. The van der Waals surface area contributed by atoms with Gasteiger partial charge in [0.05, 0.1) is 11.5 Å². The number of hydrogen-bond acceptors (Lipinski definition) is 4. The molecule has 1 atom stereocenters. The summed E-state index contributed by atoms with van der Waals surface area (Å²) in [7, 11) is -3.22. The van der Waals surface area contributed by atoms with E-state index in [-0.39, 0.29) is 10.8 Å². The van der Waals surface area contributed by atoms with Gasteiger partial charge >= 0.3 is 0 Å². The minimum Gasteiger partial charge on any atom is -0.381 e. The van der Waals surface area contributed by atoms with Crippen molar-refractivity contribution in [2.24, 2.45) is 5.92 Å². The molecule has 0 saturated carbocycles. The lowest BCUT2D eigenvalue weighted by Crippen LogP contribution is -2.29. The van der Waals surface area contributed by atoms with Gasteiger partial charge in [-0.25, -0.2) is 8.42 Å². The normalized spacial score (nSPS) is 19.3. The number of ether oxygens (including phenoxy) is 1. The number of amides is 1. The zero-order valence-corrected chi connectivity index (χ0v) is 11.6. The highest BCUT2D eigenvalue weighted by molar-refractivity contribution is 7.90. The van der Waals surface area contributed by atoms with Crippen LogP contribution in [0.3, 0.4) is 0 Å². The maximum atomic E-state index is 11.9. The topological polar surface area (TPSA) is 72.5 Å². The fraction of sp³-hybridized carbons (Fsp3) is 0.462. The largest absolute Gasteiger partial charge is 0.381 e. The quantitative estimate of drug-likeness (QED) is 0.889. The number of nitrogens with one attached hydrogen (secondary N) is 1. The molecule has 6 heteroatoms. The zero-order chi connectivity index (χ0) is 13.9. The molecule has 1 amide bonds. The van der Waals surface area contributed by atoms with E-state index in [1.54, 1.807) is 0 Å². The molecule has 0 radical (unpaired) electrons. The second-order valence-electron chi connectivity index (χ2n) is 4.74. The van der Waals surface area contributed by atoms with Gasteiger partial charge in [0.2, 0.25) is 0 Å². The van der Waals surface area contributed by atoms with E-state index < -0.39 is 9.84 Å². The van der Waals surface area contributed by atoms with Crippen molar-refractivity contribution in [1.82, 2.24) is 5.32 Å². The van der Waals surface area contributed by atoms with Gasteiger partial charge in [-0.3, -0.25) is 4.79 Å². The molecule has 1 N–H and O–H groups in total. The summed E-state index contributed by atoms with van der Waals surface area (Å²) in [6.07, 6.45) is 2.11. The van der Waals surface area contributed by atoms with E-state index in [9.17, 15) is 13.2 Å². The van der Waals surface area contributed by atoms with Gasteiger partial charge in [-0.05, 0) is 30.7 Å². The second-order valence-corrected chi connectivity index (χ2v) is 6.75. The van der Waals surface area contributed by atoms with E-state index in [1.165, 1.54) is 24.3 Å². The minimum atomic E-state index is -3.22. The average molecular weight is 283 g/mol. The Morgan fingerprint density at radius 1 is 1.37 bits per heavy atom. The van der Waals surface area contributed by atoms with Crippen LogP contribution < -0.4 is 5.32 Å². The number of benzene rings is 1. The summed E-state index contributed by atoms with van der Waals surface area (Å²) >= 11 is 0. The molecule has 0 aliphatic carbocycles. The van der Waals surface area contributed by atoms with Crippen molar-refractivity contribution in [3.05, 3.63) is 29.8 Å². The molecular formula is C13H17NO4S. The van der Waals surface area contributed by atoms with E-state index in [1.807, 2.05) is 0 Å². The first-order chi connectivity index (χ1) is 8.97. The second kappa shape index (κ2) is 5.71. The summed E-state index contributed by atoms with van der Waals surface area (Å²) in [6.45, 7) is 2.03. The van der Waals surface area contributed by atoms with E-state index in [2.05, 4.69) is 5.32 Å². The first-order valence-corrected chi connectivity index (χ1v) is 8.02. The van der Waals surface area contributed by atoms with Crippen LogP contribution in [0.5, 0.6) is 0 Å². The van der Waals surface area contributed by atoms with Crippen LogP contribution in [0.2, 0.25) is 0 Å². The molecule has 0 bridgehead atoms. The summed E-state index contributed by atoms with van der Waals surface area (Å²) < 4.78 is 27.8. The third kappa shape index (κ3) is 3.78. The van der Waals surface area contributed by atoms with Gasteiger partial charge in [0.15, 0.2) is 9.84 Å². The van der Waals surface area contributed by atoms with Crippen molar-refractivity contribution in [3.63, 3.8) is 0 Å². The predicted molar refractivity (Wildman–Crippen MR) is 70.8 cm³/mol. The highest BCUT2D eigenvalue weighted by Crippen LogP contribution is 2.12. The van der Waals surface area contributed by atoms with Crippen LogP contribution in [0, 0.1) is 5.92 Å². The summed E-state index contributed by atoms with van der Waals surface area (Å²) in [5, 5.41) is 2.83. The molecule has 0 spiro atoms. The van der Waals surface area contributed by atoms with E-state index in [0.29, 0.717) is 24.6 Å². The molecule has 1 unspecified atom stereocenters. The molecule has 1 heterocycles. The summed E-state index contributed by atoms with van der Waals surface area (Å²) in [5.41, 5.74) is 0.464. The lowest BCUT2D eigenvalue weighted by atomic mass is 10.1. The number of rotatable bonds is 4. The maximum Gasteiger partial charge on any atom is 0.251 e. The number of sulfone groups is 1. The van der Waals surface area contributed by atoms with E-state index in [4.69, 9.17) is 4.74 Å². The molecule has 104 valence electrons. The first-order valence-electron chi connectivity index (χ1n) is 6.13. The van der Waals surface area contributed by atoms with Crippen LogP contribution >= 0.6 is 0 Å². The standard InChI is InChI=1S/C13H17NO4S/c1-19(16,17)12-4-2-11(3-5-12)13(15)14-8-10-6-7-18-9-10/h2-5,10H,6-9H2,1H3,(H,14,15). The Labute approximate surface area is 112 Å². The van der Waals surface area contributed by atoms with Crippen molar-refractivity contribution < 1.29 is 17.9 Å². The van der Waals surface area contributed by atoms with Gasteiger partial charge in [0.25, 0.3) is 5.91 Å². The Morgan fingerprint density at radius 3 is 2.58 bits per heavy atom. The predicted octanol–water partition coefficient (Wildman–Crippen LogP) is 0.856. The van der Waals surface area contributed by atoms with Crippen LogP contribution in [-0.2, 0) is 14.6 Å². The van der Waals surface area contributed by atoms with Crippen LogP contribution in [0.1, 0.15) is 16.8 Å². The minimum absolute atomic E-state index is 0.188. The van der Waals surface area contributed by atoms with Gasteiger partial charge in [-0.1, -0.05) is 0 Å². The smallest absolute Gasteiger partial charge is 0.251 e. The van der Waals surface area contributed by atoms with Crippen LogP contribution in [0.4, 0.5) is 0 Å². The Hall–Kier alpha value is -1.40. The lowest BCUT2D eigenvalue weighted by molar-refractivity contribution is 0.0945. The van der Waals surface area contributed by atoms with Crippen LogP contribution in [0.15, 0.2) is 29.2 Å². The third-order valence-corrected chi connectivity index (χ3v) is 4.25. The molecule has 1 aromatic carbocycles. The number of carbonyl (C=O) groups excluding carboxylic acids is 1. The molecule has 1 aliphatic rings. The van der Waals surface area contributed by atoms with Crippen molar-refractivity contribution in [2.75, 3.05) is 26.0 Å². The van der Waals surface area contributed by atoms with Crippen molar-refractivity contribution in [1.29, 1.82) is 0 Å². The number of carbonyl (C=O) groups is 1. The van der Waals surface area contributed by atoms with Crippen LogP contribution in [0.25, 0.3) is 0 Å². The molecule has 5 nitrogen and oxygen atoms in total. The van der Waals surface area contributed by atoms with Crippen molar-refractivity contribution in [3.8, 4) is 0 Å². The highest BCUT2D eigenvalue weighted by atomic mass is 32.2. The van der Waals surface area contributed by atoms with Crippen molar-refractivity contribution >= 4 is 15.7 Å². The number of hydrogen-bond donors (Lipinski definition) is 1. The Balaban J connectivity index is 1.95. The molecule has 0 aromatic heterocycles. The zero-order valence-electron chi connectivity index (χ0n) is 10.8. The molecule has 1 aromatic rings. The molecular weight excluding hydrogens is 266 g/mol. The monoisotopic (exact) mass is 283 g/mol. The van der Waals surface area contributed by atoms with E-state index >= 15 is 0 Å². The summed E-state index contributed by atoms with van der Waals surface area (Å²) in [4.78, 5) is 12.1.